The molecule has 70 valence electrons. The van der Waals surface area contributed by atoms with Crippen LogP contribution in [0.5, 0.6) is 0 Å². The molecule has 0 aromatic rings. The molecule has 0 aromatic carbocycles. The van der Waals surface area contributed by atoms with Gasteiger partial charge in [0, 0.05) is 0 Å². The number of allylic oxidation sites excluding steroid dienone is 1. The molecule has 1 N–H and O–H groups in total. The fraction of sp³-hybridized carbons (Fsp3) is 0.333. The molecule has 1 atom stereocenters. The Morgan fingerprint density at radius 2 is 2.31 bits per heavy atom. The highest BCUT2D eigenvalue weighted by atomic mass is 16.5. The standard InChI is InChI=1S/C9H10O4/c1-13-9(12)7-4-2-6(3-5-7)8(10)11/h2-4,7H,5H2,1H3,(H,10,11). The van der Waals surface area contributed by atoms with Crippen molar-refractivity contribution in [3.05, 3.63) is 23.8 Å². The van der Waals surface area contributed by atoms with Gasteiger partial charge in [-0.15, -0.1) is 0 Å². The smallest absolute Gasteiger partial charge is 0.335 e. The summed E-state index contributed by atoms with van der Waals surface area (Å²) in [5.41, 5.74) is 0.222. The molecule has 0 amide bonds. The van der Waals surface area contributed by atoms with Gasteiger partial charge in [0.05, 0.1) is 18.6 Å². The molecule has 1 unspecified atom stereocenters. The van der Waals surface area contributed by atoms with Gasteiger partial charge in [0.15, 0.2) is 0 Å². The van der Waals surface area contributed by atoms with Crippen LogP contribution in [0.3, 0.4) is 0 Å². The third kappa shape index (κ3) is 2.18. The van der Waals surface area contributed by atoms with Crippen LogP contribution in [0.4, 0.5) is 0 Å². The Morgan fingerprint density at radius 1 is 1.62 bits per heavy atom. The highest BCUT2D eigenvalue weighted by Crippen LogP contribution is 2.17. The van der Waals surface area contributed by atoms with Gasteiger partial charge in [0.2, 0.25) is 0 Å². The lowest BCUT2D eigenvalue weighted by Gasteiger charge is -2.11. The van der Waals surface area contributed by atoms with Gasteiger partial charge in [-0.1, -0.05) is 18.2 Å². The molecule has 0 saturated heterocycles. The summed E-state index contributed by atoms with van der Waals surface area (Å²) in [5, 5.41) is 8.58. The predicted molar refractivity (Wildman–Crippen MR) is 45.0 cm³/mol. The number of carbonyl (C=O) groups excluding carboxylic acids is 1. The fourth-order valence-corrected chi connectivity index (χ4v) is 1.11. The number of aliphatic carboxylic acids is 1. The van der Waals surface area contributed by atoms with E-state index in [4.69, 9.17) is 5.11 Å². The van der Waals surface area contributed by atoms with Crippen LogP contribution in [0.25, 0.3) is 0 Å². The van der Waals surface area contributed by atoms with E-state index < -0.39 is 5.97 Å². The molecule has 0 spiro atoms. The fourth-order valence-electron chi connectivity index (χ4n) is 1.11. The number of hydrogen-bond acceptors (Lipinski definition) is 3. The first-order valence-electron chi connectivity index (χ1n) is 3.84. The molecule has 0 heterocycles. The average Bonchev–Trinajstić information content (AvgIpc) is 2.17. The first-order valence-corrected chi connectivity index (χ1v) is 3.84. The van der Waals surface area contributed by atoms with E-state index >= 15 is 0 Å². The van der Waals surface area contributed by atoms with Crippen LogP contribution < -0.4 is 0 Å². The Balaban J connectivity index is 2.63. The highest BCUT2D eigenvalue weighted by molar-refractivity contribution is 5.90. The number of carboxylic acids is 1. The van der Waals surface area contributed by atoms with Gasteiger partial charge in [0.25, 0.3) is 0 Å². The summed E-state index contributed by atoms with van der Waals surface area (Å²) in [6, 6.07) is 0. The zero-order valence-electron chi connectivity index (χ0n) is 7.19. The lowest BCUT2D eigenvalue weighted by Crippen LogP contribution is -2.16. The Kier molecular flexibility index (Phi) is 2.84. The number of rotatable bonds is 2. The van der Waals surface area contributed by atoms with Crippen LogP contribution in [0, 0.1) is 5.92 Å². The van der Waals surface area contributed by atoms with Crippen LogP contribution in [0.15, 0.2) is 23.8 Å². The summed E-state index contributed by atoms with van der Waals surface area (Å²) in [7, 11) is 1.31. The van der Waals surface area contributed by atoms with E-state index in [1.807, 2.05) is 0 Å². The minimum atomic E-state index is -0.973. The number of carbonyl (C=O) groups is 2. The van der Waals surface area contributed by atoms with Crippen LogP contribution in [0.2, 0.25) is 0 Å². The lowest BCUT2D eigenvalue weighted by molar-refractivity contribution is -0.143. The largest absolute Gasteiger partial charge is 0.478 e. The molecular formula is C9H10O4. The molecule has 0 fully saturated rings. The number of esters is 1. The third-order valence-electron chi connectivity index (χ3n) is 1.85. The molecule has 0 aromatic heterocycles. The van der Waals surface area contributed by atoms with Crippen molar-refractivity contribution in [2.24, 2.45) is 5.92 Å². The summed E-state index contributed by atoms with van der Waals surface area (Å²) >= 11 is 0. The van der Waals surface area contributed by atoms with Gasteiger partial charge in [-0.3, -0.25) is 4.79 Å². The molecule has 4 heteroatoms. The molecule has 13 heavy (non-hydrogen) atoms. The topological polar surface area (TPSA) is 63.6 Å². The Bertz CT molecular complexity index is 288. The van der Waals surface area contributed by atoms with Gasteiger partial charge < -0.3 is 9.84 Å². The van der Waals surface area contributed by atoms with Crippen LogP contribution in [0.1, 0.15) is 6.42 Å². The van der Waals surface area contributed by atoms with Crippen molar-refractivity contribution >= 4 is 11.9 Å². The normalized spacial score (nSPS) is 20.7. The minimum absolute atomic E-state index is 0.222. The Morgan fingerprint density at radius 3 is 2.69 bits per heavy atom. The zero-order valence-corrected chi connectivity index (χ0v) is 7.19. The van der Waals surface area contributed by atoms with E-state index in [1.165, 1.54) is 19.3 Å². The number of methoxy groups -OCH3 is 1. The lowest BCUT2D eigenvalue weighted by atomic mass is 9.97. The SMILES string of the molecule is COC(=O)C1C=CC(C(=O)O)=CC1. The first kappa shape index (κ1) is 9.51. The molecule has 4 nitrogen and oxygen atoms in total. The van der Waals surface area contributed by atoms with Gasteiger partial charge in [0.1, 0.15) is 0 Å². The molecule has 0 bridgehead atoms. The molecule has 1 aliphatic carbocycles. The summed E-state index contributed by atoms with van der Waals surface area (Å²) in [6.07, 6.45) is 4.89. The van der Waals surface area contributed by atoms with Gasteiger partial charge in [-0.2, -0.15) is 0 Å². The van der Waals surface area contributed by atoms with E-state index in [-0.39, 0.29) is 17.5 Å². The van der Waals surface area contributed by atoms with Crippen molar-refractivity contribution in [3.63, 3.8) is 0 Å². The van der Waals surface area contributed by atoms with Gasteiger partial charge >= 0.3 is 11.9 Å². The van der Waals surface area contributed by atoms with Crippen molar-refractivity contribution in [3.8, 4) is 0 Å². The van der Waals surface area contributed by atoms with Crippen molar-refractivity contribution in [1.82, 2.24) is 0 Å². The zero-order chi connectivity index (χ0) is 9.84. The quantitative estimate of drug-likeness (QED) is 0.640. The summed E-state index contributed by atoms with van der Waals surface area (Å²) in [6.45, 7) is 0. The van der Waals surface area contributed by atoms with Crippen LogP contribution >= 0.6 is 0 Å². The third-order valence-corrected chi connectivity index (χ3v) is 1.85. The molecule has 0 radical (unpaired) electrons. The summed E-state index contributed by atoms with van der Waals surface area (Å²) in [4.78, 5) is 21.5. The molecular weight excluding hydrogens is 172 g/mol. The van der Waals surface area contributed by atoms with E-state index in [0.29, 0.717) is 6.42 Å². The second-order valence-electron chi connectivity index (χ2n) is 2.69. The summed E-state index contributed by atoms with van der Waals surface area (Å²) in [5.74, 6) is -1.65. The monoisotopic (exact) mass is 182 g/mol. The Hall–Kier alpha value is -1.58. The van der Waals surface area contributed by atoms with Gasteiger partial charge in [-0.25, -0.2) is 4.79 Å². The van der Waals surface area contributed by atoms with E-state index in [2.05, 4.69) is 4.74 Å². The van der Waals surface area contributed by atoms with Crippen molar-refractivity contribution in [1.29, 1.82) is 0 Å². The van der Waals surface area contributed by atoms with E-state index in [0.717, 1.165) is 0 Å². The number of hydrogen-bond donors (Lipinski definition) is 1. The van der Waals surface area contributed by atoms with E-state index in [9.17, 15) is 9.59 Å². The average molecular weight is 182 g/mol. The van der Waals surface area contributed by atoms with Crippen LogP contribution in [-0.4, -0.2) is 24.2 Å². The first-order chi connectivity index (χ1) is 6.15. The van der Waals surface area contributed by atoms with Crippen molar-refractivity contribution in [2.75, 3.05) is 7.11 Å². The maximum Gasteiger partial charge on any atom is 0.335 e. The summed E-state index contributed by atoms with van der Waals surface area (Å²) < 4.78 is 4.52. The minimum Gasteiger partial charge on any atom is -0.478 e. The van der Waals surface area contributed by atoms with E-state index in [1.54, 1.807) is 6.08 Å². The maximum atomic E-state index is 11.0. The second kappa shape index (κ2) is 3.89. The van der Waals surface area contributed by atoms with Crippen LogP contribution in [-0.2, 0) is 14.3 Å². The molecule has 1 aliphatic rings. The highest BCUT2D eigenvalue weighted by Gasteiger charge is 2.19. The number of carboxylic acid groups (broad SMARTS) is 1. The number of ether oxygens (including phenoxy) is 1. The van der Waals surface area contributed by atoms with Crippen molar-refractivity contribution in [2.45, 2.75) is 6.42 Å². The Labute approximate surface area is 75.5 Å². The van der Waals surface area contributed by atoms with Crippen molar-refractivity contribution < 1.29 is 19.4 Å². The molecule has 0 saturated carbocycles. The predicted octanol–water partition coefficient (Wildman–Crippen LogP) is 0.746. The van der Waals surface area contributed by atoms with Gasteiger partial charge in [-0.05, 0) is 6.42 Å². The molecule has 0 aliphatic heterocycles. The maximum absolute atomic E-state index is 11.0. The second-order valence-corrected chi connectivity index (χ2v) is 2.69. The molecule has 1 rings (SSSR count).